The molecule has 31 heavy (non-hydrogen) atoms. The first-order valence-corrected chi connectivity index (χ1v) is 11.7. The second kappa shape index (κ2) is 10.2. The monoisotopic (exact) mass is 439 g/mol. The maximum atomic E-state index is 12.4. The Morgan fingerprint density at radius 3 is 2.10 bits per heavy atom. The maximum Gasteiger partial charge on any atom is 0.303 e. The number of benzene rings is 3. The third-order valence-electron chi connectivity index (χ3n) is 4.71. The summed E-state index contributed by atoms with van der Waals surface area (Å²) >= 11 is 0. The van der Waals surface area contributed by atoms with Crippen LogP contribution in [0.25, 0.3) is 0 Å². The van der Waals surface area contributed by atoms with E-state index in [0.717, 1.165) is 22.4 Å². The van der Waals surface area contributed by atoms with Crippen molar-refractivity contribution in [1.29, 1.82) is 0 Å². The van der Waals surface area contributed by atoms with Crippen LogP contribution in [0.15, 0.2) is 78.9 Å². The Balaban J connectivity index is 1.69. The van der Waals surface area contributed by atoms with Crippen molar-refractivity contribution in [2.75, 3.05) is 6.26 Å². The number of ether oxygens (including phenoxy) is 1. The van der Waals surface area contributed by atoms with Gasteiger partial charge in [-0.2, -0.15) is 4.31 Å². The van der Waals surface area contributed by atoms with E-state index in [0.29, 0.717) is 12.2 Å². The highest BCUT2D eigenvalue weighted by Gasteiger charge is 2.18. The van der Waals surface area contributed by atoms with E-state index in [1.165, 1.54) is 10.6 Å². The van der Waals surface area contributed by atoms with Crippen molar-refractivity contribution in [1.82, 2.24) is 4.31 Å². The number of aliphatic carboxylic acids is 1. The van der Waals surface area contributed by atoms with E-state index >= 15 is 0 Å². The van der Waals surface area contributed by atoms with Crippen LogP contribution in [0.2, 0.25) is 0 Å². The molecule has 0 saturated carbocycles. The lowest BCUT2D eigenvalue weighted by Crippen LogP contribution is -2.29. The molecule has 1 N–H and O–H groups in total. The average Bonchev–Trinajstić information content (AvgIpc) is 2.73. The van der Waals surface area contributed by atoms with Crippen molar-refractivity contribution in [3.63, 3.8) is 0 Å². The number of aryl methyl sites for hydroxylation is 1. The van der Waals surface area contributed by atoms with Crippen molar-refractivity contribution in [2.24, 2.45) is 0 Å². The van der Waals surface area contributed by atoms with Crippen LogP contribution in [-0.2, 0) is 34.3 Å². The highest BCUT2D eigenvalue weighted by Crippen LogP contribution is 2.22. The van der Waals surface area contributed by atoms with Gasteiger partial charge in [0.05, 0.1) is 6.26 Å². The second-order valence-electron chi connectivity index (χ2n) is 7.30. The molecule has 0 fully saturated rings. The Bertz CT molecular complexity index is 1110. The Labute approximate surface area is 182 Å². The molecule has 0 bridgehead atoms. The van der Waals surface area contributed by atoms with Crippen LogP contribution in [0.4, 0.5) is 0 Å². The number of carbonyl (C=O) groups is 1. The second-order valence-corrected chi connectivity index (χ2v) is 9.29. The van der Waals surface area contributed by atoms with E-state index in [-0.39, 0.29) is 19.5 Å². The summed E-state index contributed by atoms with van der Waals surface area (Å²) in [7, 11) is -3.45. The predicted octanol–water partition coefficient (Wildman–Crippen LogP) is 4.46. The molecule has 3 rings (SSSR count). The van der Waals surface area contributed by atoms with Crippen molar-refractivity contribution in [3.05, 3.63) is 95.6 Å². The van der Waals surface area contributed by atoms with Gasteiger partial charge in [0.2, 0.25) is 10.0 Å². The summed E-state index contributed by atoms with van der Waals surface area (Å²) in [5.74, 6) is 0.547. The van der Waals surface area contributed by atoms with Crippen LogP contribution in [0.1, 0.15) is 23.1 Å². The van der Waals surface area contributed by atoms with Gasteiger partial charge in [-0.1, -0.05) is 54.6 Å². The smallest absolute Gasteiger partial charge is 0.303 e. The zero-order valence-electron chi connectivity index (χ0n) is 17.3. The molecule has 0 aliphatic carbocycles. The highest BCUT2D eigenvalue weighted by molar-refractivity contribution is 7.88. The number of carboxylic acid groups (broad SMARTS) is 1. The van der Waals surface area contributed by atoms with Gasteiger partial charge < -0.3 is 9.84 Å². The van der Waals surface area contributed by atoms with Crippen molar-refractivity contribution in [2.45, 2.75) is 25.9 Å². The molecule has 0 aliphatic heterocycles. The molecule has 7 heteroatoms. The van der Waals surface area contributed by atoms with E-state index in [4.69, 9.17) is 9.84 Å². The molecular formula is C24H25NO5S. The molecule has 0 spiro atoms. The van der Waals surface area contributed by atoms with Gasteiger partial charge >= 0.3 is 5.97 Å². The lowest BCUT2D eigenvalue weighted by atomic mass is 10.1. The number of carboxylic acids is 1. The molecule has 0 aromatic heterocycles. The fraction of sp³-hybridized carbons (Fsp3) is 0.208. The number of nitrogens with zero attached hydrogens (tertiary/aromatic N) is 1. The van der Waals surface area contributed by atoms with Gasteiger partial charge in [0.1, 0.15) is 11.5 Å². The molecule has 6 nitrogen and oxygen atoms in total. The van der Waals surface area contributed by atoms with Crippen molar-refractivity contribution < 1.29 is 23.1 Å². The zero-order chi connectivity index (χ0) is 22.3. The van der Waals surface area contributed by atoms with Crippen LogP contribution in [0.3, 0.4) is 0 Å². The molecular weight excluding hydrogens is 414 g/mol. The summed E-state index contributed by atoms with van der Waals surface area (Å²) in [5.41, 5.74) is 2.53. The van der Waals surface area contributed by atoms with E-state index in [1.807, 2.05) is 78.9 Å². The van der Waals surface area contributed by atoms with Gasteiger partial charge in [0.15, 0.2) is 0 Å². The molecule has 0 saturated heterocycles. The number of sulfonamides is 1. The molecule has 3 aromatic rings. The Hall–Kier alpha value is -3.16. The minimum absolute atomic E-state index is 0.0383. The van der Waals surface area contributed by atoms with Crippen LogP contribution in [-0.4, -0.2) is 30.1 Å². The number of rotatable bonds is 10. The summed E-state index contributed by atoms with van der Waals surface area (Å²) in [6.07, 6.45) is 1.63. The normalized spacial score (nSPS) is 11.4. The van der Waals surface area contributed by atoms with Crippen LogP contribution < -0.4 is 4.74 Å². The Morgan fingerprint density at radius 2 is 1.45 bits per heavy atom. The summed E-state index contributed by atoms with van der Waals surface area (Å²) < 4.78 is 31.9. The predicted molar refractivity (Wildman–Crippen MR) is 119 cm³/mol. The van der Waals surface area contributed by atoms with Gasteiger partial charge in [-0.25, -0.2) is 8.42 Å². The summed E-state index contributed by atoms with van der Waals surface area (Å²) in [5, 5.41) is 8.87. The SMILES string of the molecule is CS(=O)(=O)N(Cc1ccc(Oc2ccccc2)cc1)Cc1cccc(CCC(=O)O)c1. The number of hydrogen-bond acceptors (Lipinski definition) is 4. The standard InChI is InChI=1S/C24H25NO5S/c1-31(28,29)25(18-21-7-5-6-19(16-21)12-15-24(26)27)17-20-10-13-23(14-11-20)30-22-8-3-2-4-9-22/h2-11,13-14,16H,12,15,17-18H2,1H3,(H,26,27). The highest BCUT2D eigenvalue weighted by atomic mass is 32.2. The van der Waals surface area contributed by atoms with Crippen molar-refractivity contribution >= 4 is 16.0 Å². The lowest BCUT2D eigenvalue weighted by Gasteiger charge is -2.21. The first kappa shape index (κ1) is 22.5. The fourth-order valence-electron chi connectivity index (χ4n) is 3.12. The van der Waals surface area contributed by atoms with E-state index in [2.05, 4.69) is 0 Å². The van der Waals surface area contributed by atoms with E-state index in [1.54, 1.807) is 0 Å². The molecule has 0 aliphatic rings. The lowest BCUT2D eigenvalue weighted by molar-refractivity contribution is -0.136. The molecule has 0 radical (unpaired) electrons. The Kier molecular flexibility index (Phi) is 7.44. The maximum absolute atomic E-state index is 12.4. The third kappa shape index (κ3) is 7.24. The quantitative estimate of drug-likeness (QED) is 0.504. The van der Waals surface area contributed by atoms with Crippen LogP contribution >= 0.6 is 0 Å². The van der Waals surface area contributed by atoms with Gasteiger partial charge in [-0.3, -0.25) is 4.79 Å². The molecule has 162 valence electrons. The first-order chi connectivity index (χ1) is 14.8. The third-order valence-corrected chi connectivity index (χ3v) is 5.90. The summed E-state index contributed by atoms with van der Waals surface area (Å²) in [4.78, 5) is 10.8. The molecule has 0 atom stereocenters. The van der Waals surface area contributed by atoms with Crippen LogP contribution in [0, 0.1) is 0 Å². The van der Waals surface area contributed by atoms with E-state index in [9.17, 15) is 13.2 Å². The Morgan fingerprint density at radius 1 is 0.839 bits per heavy atom. The van der Waals surface area contributed by atoms with Gasteiger partial charge in [-0.15, -0.1) is 0 Å². The summed E-state index contributed by atoms with van der Waals surface area (Å²) in [6.45, 7) is 0.436. The largest absolute Gasteiger partial charge is 0.481 e. The van der Waals surface area contributed by atoms with Crippen molar-refractivity contribution in [3.8, 4) is 11.5 Å². The zero-order valence-corrected chi connectivity index (χ0v) is 18.1. The van der Waals surface area contributed by atoms with Gasteiger partial charge in [0, 0.05) is 19.5 Å². The fourth-order valence-corrected chi connectivity index (χ4v) is 3.89. The topological polar surface area (TPSA) is 83.9 Å². The molecule has 0 heterocycles. The minimum Gasteiger partial charge on any atom is -0.481 e. The molecule has 0 amide bonds. The minimum atomic E-state index is -3.45. The molecule has 0 unspecified atom stereocenters. The number of hydrogen-bond donors (Lipinski definition) is 1. The molecule has 3 aromatic carbocycles. The average molecular weight is 440 g/mol. The summed E-state index contributed by atoms with van der Waals surface area (Å²) in [6, 6.07) is 24.1. The van der Waals surface area contributed by atoms with Crippen LogP contribution in [0.5, 0.6) is 11.5 Å². The van der Waals surface area contributed by atoms with Gasteiger partial charge in [0.25, 0.3) is 0 Å². The van der Waals surface area contributed by atoms with Gasteiger partial charge in [-0.05, 0) is 47.4 Å². The number of para-hydroxylation sites is 1. The van der Waals surface area contributed by atoms with E-state index < -0.39 is 16.0 Å². The first-order valence-electron chi connectivity index (χ1n) is 9.86.